The van der Waals surface area contributed by atoms with Gasteiger partial charge in [-0.25, -0.2) is 4.98 Å². The van der Waals surface area contributed by atoms with Crippen molar-refractivity contribution in [2.45, 2.75) is 6.17 Å². The van der Waals surface area contributed by atoms with E-state index in [9.17, 15) is 4.79 Å². The highest BCUT2D eigenvalue weighted by Gasteiger charge is 2.35. The minimum atomic E-state index is -0.375. The summed E-state index contributed by atoms with van der Waals surface area (Å²) in [4.78, 5) is 19.8. The third-order valence-corrected chi connectivity index (χ3v) is 4.62. The molecule has 5 nitrogen and oxygen atoms in total. The van der Waals surface area contributed by atoms with Crippen molar-refractivity contribution in [3.05, 3.63) is 96.4 Å². The highest BCUT2D eigenvalue weighted by atomic mass is 16.2. The van der Waals surface area contributed by atoms with Crippen LogP contribution in [0.3, 0.4) is 0 Å². The molecule has 0 saturated carbocycles. The summed E-state index contributed by atoms with van der Waals surface area (Å²) in [5.41, 5.74) is 3.97. The average molecular weight is 340 g/mol. The number of hydrogen-bond donors (Lipinski definition) is 1. The monoisotopic (exact) mass is 340 g/mol. The maximum Gasteiger partial charge on any atom is 0.262 e. The number of carbonyl (C=O) groups excluding carboxylic acids is 1. The van der Waals surface area contributed by atoms with E-state index in [1.54, 1.807) is 4.90 Å². The fourth-order valence-electron chi connectivity index (χ4n) is 3.40. The molecule has 126 valence electrons. The molecule has 1 amide bonds. The standard InChI is InChI=1S/C21H16N4O/c26-21-16-10-4-5-11-17(16)23-20(25(21)15-8-2-1-3-9-15)18-14-24-13-7-6-12-19(24)22-18/h1-14,20,23H/t20-/m0/s1. The van der Waals surface area contributed by atoms with E-state index < -0.39 is 0 Å². The van der Waals surface area contributed by atoms with Gasteiger partial charge in [0.1, 0.15) is 11.3 Å². The van der Waals surface area contributed by atoms with Gasteiger partial charge in [0.05, 0.1) is 5.56 Å². The maximum absolute atomic E-state index is 13.3. The molecule has 26 heavy (non-hydrogen) atoms. The molecule has 4 aromatic rings. The number of rotatable bonds is 2. The summed E-state index contributed by atoms with van der Waals surface area (Å²) in [6, 6.07) is 23.1. The number of imidazole rings is 1. The number of aromatic nitrogens is 2. The Morgan fingerprint density at radius 1 is 0.885 bits per heavy atom. The molecule has 2 aromatic heterocycles. The minimum Gasteiger partial charge on any atom is -0.359 e. The van der Waals surface area contributed by atoms with Crippen molar-refractivity contribution in [2.24, 2.45) is 0 Å². The van der Waals surface area contributed by atoms with Gasteiger partial charge < -0.3 is 9.72 Å². The first kappa shape index (κ1) is 14.7. The van der Waals surface area contributed by atoms with Crippen LogP contribution in [-0.2, 0) is 0 Å². The number of nitrogens with zero attached hydrogens (tertiary/aromatic N) is 3. The molecule has 0 bridgehead atoms. The van der Waals surface area contributed by atoms with E-state index in [1.165, 1.54) is 0 Å². The van der Waals surface area contributed by atoms with Gasteiger partial charge in [-0.3, -0.25) is 9.69 Å². The molecule has 0 radical (unpaired) electrons. The second-order valence-corrected chi connectivity index (χ2v) is 6.24. The highest BCUT2D eigenvalue weighted by molar-refractivity contribution is 6.12. The third-order valence-electron chi connectivity index (χ3n) is 4.62. The van der Waals surface area contributed by atoms with E-state index in [0.29, 0.717) is 5.56 Å². The van der Waals surface area contributed by atoms with Crippen molar-refractivity contribution < 1.29 is 4.79 Å². The molecule has 0 fully saturated rings. The van der Waals surface area contributed by atoms with E-state index in [4.69, 9.17) is 4.98 Å². The SMILES string of the molecule is O=C1c2ccccc2N[C@H](c2cn3ccccc3n2)N1c1ccccc1. The zero-order valence-electron chi connectivity index (χ0n) is 13.9. The van der Waals surface area contributed by atoms with Crippen molar-refractivity contribution in [1.29, 1.82) is 0 Å². The lowest BCUT2D eigenvalue weighted by Crippen LogP contribution is -2.43. The van der Waals surface area contributed by atoms with Crippen molar-refractivity contribution in [3.63, 3.8) is 0 Å². The van der Waals surface area contributed by atoms with Gasteiger partial charge in [-0.05, 0) is 36.4 Å². The molecule has 1 aliphatic heterocycles. The number of amides is 1. The van der Waals surface area contributed by atoms with Gasteiger partial charge in [0.25, 0.3) is 5.91 Å². The van der Waals surface area contributed by atoms with Crippen LogP contribution in [0.15, 0.2) is 85.2 Å². The van der Waals surface area contributed by atoms with Gasteiger partial charge in [-0.2, -0.15) is 0 Å². The largest absolute Gasteiger partial charge is 0.359 e. The lowest BCUT2D eigenvalue weighted by molar-refractivity contribution is 0.0974. The van der Waals surface area contributed by atoms with Gasteiger partial charge in [-0.1, -0.05) is 36.4 Å². The van der Waals surface area contributed by atoms with Crippen molar-refractivity contribution in [3.8, 4) is 0 Å². The van der Waals surface area contributed by atoms with Crippen LogP contribution in [-0.4, -0.2) is 15.3 Å². The number of carbonyl (C=O) groups is 1. The van der Waals surface area contributed by atoms with Crippen LogP contribution >= 0.6 is 0 Å². The molecule has 0 saturated heterocycles. The smallest absolute Gasteiger partial charge is 0.262 e. The van der Waals surface area contributed by atoms with Crippen molar-refractivity contribution in [1.82, 2.24) is 9.38 Å². The van der Waals surface area contributed by atoms with Crippen LogP contribution in [0.2, 0.25) is 0 Å². The van der Waals surface area contributed by atoms with Crippen LogP contribution in [0.1, 0.15) is 22.2 Å². The number of nitrogens with one attached hydrogen (secondary N) is 1. The molecule has 5 rings (SSSR count). The molecule has 1 atom stereocenters. The van der Waals surface area contributed by atoms with E-state index >= 15 is 0 Å². The summed E-state index contributed by atoms with van der Waals surface area (Å²) in [5.74, 6) is -0.0346. The number of anilines is 2. The molecule has 5 heteroatoms. The van der Waals surface area contributed by atoms with Crippen LogP contribution in [0.25, 0.3) is 5.65 Å². The summed E-state index contributed by atoms with van der Waals surface area (Å²) >= 11 is 0. The highest BCUT2D eigenvalue weighted by Crippen LogP contribution is 2.36. The molecule has 0 spiro atoms. The Morgan fingerprint density at radius 2 is 1.65 bits per heavy atom. The molecule has 2 aromatic carbocycles. The van der Waals surface area contributed by atoms with Crippen molar-refractivity contribution >= 4 is 22.9 Å². The fourth-order valence-corrected chi connectivity index (χ4v) is 3.40. The zero-order valence-corrected chi connectivity index (χ0v) is 13.9. The number of hydrogen-bond acceptors (Lipinski definition) is 3. The van der Waals surface area contributed by atoms with E-state index in [2.05, 4.69) is 5.32 Å². The summed E-state index contributed by atoms with van der Waals surface area (Å²) in [6.07, 6.45) is 3.54. The number of benzene rings is 2. The summed E-state index contributed by atoms with van der Waals surface area (Å²) in [5, 5.41) is 3.48. The van der Waals surface area contributed by atoms with Gasteiger partial charge >= 0.3 is 0 Å². The van der Waals surface area contributed by atoms with Crippen LogP contribution < -0.4 is 10.2 Å². The Bertz CT molecular complexity index is 1070. The third kappa shape index (κ3) is 2.25. The lowest BCUT2D eigenvalue weighted by atomic mass is 10.1. The van der Waals surface area contributed by atoms with E-state index in [1.807, 2.05) is 89.6 Å². The van der Waals surface area contributed by atoms with Gasteiger partial charge in [0, 0.05) is 23.8 Å². The first-order valence-corrected chi connectivity index (χ1v) is 8.49. The van der Waals surface area contributed by atoms with Gasteiger partial charge in [0.2, 0.25) is 0 Å². The van der Waals surface area contributed by atoms with Gasteiger partial charge in [-0.15, -0.1) is 0 Å². The number of para-hydroxylation sites is 2. The molecular weight excluding hydrogens is 324 g/mol. The Morgan fingerprint density at radius 3 is 2.50 bits per heavy atom. The Hall–Kier alpha value is -3.60. The number of pyridine rings is 1. The first-order valence-electron chi connectivity index (χ1n) is 8.49. The van der Waals surface area contributed by atoms with Crippen LogP contribution in [0.5, 0.6) is 0 Å². The second-order valence-electron chi connectivity index (χ2n) is 6.24. The summed E-state index contributed by atoms with van der Waals surface area (Å²) in [6.45, 7) is 0. The Kier molecular flexibility index (Phi) is 3.25. The first-order chi connectivity index (χ1) is 12.8. The predicted molar refractivity (Wildman–Crippen MR) is 101 cm³/mol. The average Bonchev–Trinajstić information content (AvgIpc) is 3.13. The molecule has 0 unspecified atom stereocenters. The van der Waals surface area contributed by atoms with Crippen LogP contribution in [0.4, 0.5) is 11.4 Å². The minimum absolute atomic E-state index is 0.0346. The summed E-state index contributed by atoms with van der Waals surface area (Å²) in [7, 11) is 0. The topological polar surface area (TPSA) is 49.6 Å². The molecule has 0 aliphatic carbocycles. The molecule has 1 N–H and O–H groups in total. The van der Waals surface area contributed by atoms with Crippen molar-refractivity contribution in [2.75, 3.05) is 10.2 Å². The molecule has 3 heterocycles. The number of fused-ring (bicyclic) bond motifs is 2. The van der Waals surface area contributed by atoms with E-state index in [-0.39, 0.29) is 12.1 Å². The zero-order chi connectivity index (χ0) is 17.5. The molecular formula is C21H16N4O. The second kappa shape index (κ2) is 5.74. The lowest BCUT2D eigenvalue weighted by Gasteiger charge is -2.37. The molecule has 1 aliphatic rings. The maximum atomic E-state index is 13.3. The fraction of sp³-hybridized carbons (Fsp3) is 0.0476. The Labute approximate surface area is 150 Å². The summed E-state index contributed by atoms with van der Waals surface area (Å²) < 4.78 is 1.96. The Balaban J connectivity index is 1.69. The van der Waals surface area contributed by atoms with Crippen LogP contribution in [0, 0.1) is 0 Å². The van der Waals surface area contributed by atoms with Gasteiger partial charge in [0.15, 0.2) is 6.17 Å². The normalized spacial score (nSPS) is 16.4. The predicted octanol–water partition coefficient (Wildman–Crippen LogP) is 4.11. The quantitative estimate of drug-likeness (QED) is 0.597. The van der Waals surface area contributed by atoms with E-state index in [0.717, 1.165) is 22.7 Å².